The van der Waals surface area contributed by atoms with Crippen LogP contribution in [-0.2, 0) is 10.0 Å². The van der Waals surface area contributed by atoms with Gasteiger partial charge in [0.1, 0.15) is 11.3 Å². The highest BCUT2D eigenvalue weighted by Gasteiger charge is 2.15. The molecule has 0 saturated heterocycles. The molecule has 0 fully saturated rings. The van der Waals surface area contributed by atoms with Gasteiger partial charge in [-0.15, -0.1) is 0 Å². The molecule has 0 atom stereocenters. The average molecular weight is 241 g/mol. The molecule has 0 aliphatic heterocycles. The van der Waals surface area contributed by atoms with Gasteiger partial charge in [0, 0.05) is 5.39 Å². The van der Waals surface area contributed by atoms with E-state index < -0.39 is 20.5 Å². The Morgan fingerprint density at radius 3 is 2.56 bits per heavy atom. The van der Waals surface area contributed by atoms with E-state index in [0.717, 1.165) is 6.07 Å². The lowest BCUT2D eigenvalue weighted by molar-refractivity contribution is 0.474. The van der Waals surface area contributed by atoms with Gasteiger partial charge >= 0.3 is 5.63 Å². The minimum atomic E-state index is -4.13. The second-order valence-corrected chi connectivity index (χ2v) is 4.70. The molecule has 1 heterocycles. The van der Waals surface area contributed by atoms with Crippen LogP contribution in [0.1, 0.15) is 0 Å². The van der Waals surface area contributed by atoms with Gasteiger partial charge in [0.25, 0.3) is 0 Å². The fraction of sp³-hybridized carbons (Fsp3) is 0. The van der Waals surface area contributed by atoms with Gasteiger partial charge in [-0.25, -0.2) is 18.4 Å². The van der Waals surface area contributed by atoms with E-state index >= 15 is 0 Å². The molecule has 0 amide bonds. The van der Waals surface area contributed by atoms with Gasteiger partial charge < -0.3 is 9.52 Å². The van der Waals surface area contributed by atoms with Crippen molar-refractivity contribution in [3.8, 4) is 5.75 Å². The van der Waals surface area contributed by atoms with Crippen LogP contribution in [0.25, 0.3) is 11.0 Å². The first-order valence-electron chi connectivity index (χ1n) is 4.17. The number of phenolic OH excluding ortho intramolecular Hbond substituents is 1. The van der Waals surface area contributed by atoms with E-state index in [1.807, 2.05) is 0 Å². The van der Waals surface area contributed by atoms with Crippen LogP contribution in [0.2, 0.25) is 0 Å². The topological polar surface area (TPSA) is 111 Å². The zero-order valence-corrected chi connectivity index (χ0v) is 8.69. The summed E-state index contributed by atoms with van der Waals surface area (Å²) in [6, 6.07) is 5.02. The van der Waals surface area contributed by atoms with E-state index in [9.17, 15) is 18.3 Å². The van der Waals surface area contributed by atoms with Crippen molar-refractivity contribution in [1.82, 2.24) is 0 Å². The second kappa shape index (κ2) is 3.32. The number of hydrogen-bond donors (Lipinski definition) is 2. The van der Waals surface area contributed by atoms with Crippen LogP contribution in [0, 0.1) is 0 Å². The molecule has 0 unspecified atom stereocenters. The molecule has 1 aromatic heterocycles. The molecule has 7 heteroatoms. The van der Waals surface area contributed by atoms with Gasteiger partial charge in [0.2, 0.25) is 10.0 Å². The Hall–Kier alpha value is -1.86. The van der Waals surface area contributed by atoms with Crippen LogP contribution in [0.15, 0.2) is 38.4 Å². The van der Waals surface area contributed by atoms with Crippen LogP contribution in [-0.4, -0.2) is 13.5 Å². The summed E-state index contributed by atoms with van der Waals surface area (Å²) < 4.78 is 26.8. The third-order valence-corrected chi connectivity index (χ3v) is 2.89. The van der Waals surface area contributed by atoms with E-state index in [4.69, 9.17) is 9.56 Å². The average Bonchev–Trinajstić information content (AvgIpc) is 2.16. The minimum Gasteiger partial charge on any atom is -0.508 e. The molecule has 0 saturated carbocycles. The van der Waals surface area contributed by atoms with E-state index in [0.29, 0.717) is 0 Å². The summed E-state index contributed by atoms with van der Waals surface area (Å²) in [5.41, 5.74) is -0.851. The number of hydrogen-bond acceptors (Lipinski definition) is 5. The number of benzene rings is 1. The Morgan fingerprint density at radius 2 is 1.94 bits per heavy atom. The largest absolute Gasteiger partial charge is 0.508 e. The Balaban J connectivity index is 2.90. The van der Waals surface area contributed by atoms with Crippen molar-refractivity contribution in [2.75, 3.05) is 0 Å². The number of sulfonamides is 1. The second-order valence-electron chi connectivity index (χ2n) is 3.17. The molecule has 0 aliphatic carbocycles. The lowest BCUT2D eigenvalue weighted by atomic mass is 10.2. The predicted molar refractivity (Wildman–Crippen MR) is 55.5 cm³/mol. The number of primary sulfonamides is 1. The van der Waals surface area contributed by atoms with Crippen molar-refractivity contribution in [3.63, 3.8) is 0 Å². The standard InChI is InChI=1S/C9H7NO5S/c10-16(13,14)8-4-5-3-6(11)1-2-7(5)15-9(8)12/h1-4,11H,(H2,10,13,14). The fourth-order valence-electron chi connectivity index (χ4n) is 1.29. The van der Waals surface area contributed by atoms with Crippen molar-refractivity contribution in [1.29, 1.82) is 0 Å². The summed E-state index contributed by atoms with van der Waals surface area (Å²) in [5.74, 6) is -0.0679. The maximum absolute atomic E-state index is 11.3. The quantitative estimate of drug-likeness (QED) is 0.690. The fourth-order valence-corrected chi connectivity index (χ4v) is 1.86. The summed E-state index contributed by atoms with van der Waals surface area (Å²) in [6.45, 7) is 0. The Morgan fingerprint density at radius 1 is 1.25 bits per heavy atom. The maximum atomic E-state index is 11.3. The molecule has 1 aromatic carbocycles. The summed E-state index contributed by atoms with van der Waals surface area (Å²) in [4.78, 5) is 10.6. The van der Waals surface area contributed by atoms with Crippen molar-refractivity contribution < 1.29 is 17.9 Å². The molecular formula is C9H7NO5S. The SMILES string of the molecule is NS(=O)(=O)c1cc2cc(O)ccc2oc1=O. The van der Waals surface area contributed by atoms with Crippen molar-refractivity contribution >= 4 is 21.0 Å². The molecule has 3 N–H and O–H groups in total. The van der Waals surface area contributed by atoms with Crippen molar-refractivity contribution in [3.05, 3.63) is 34.7 Å². The Bertz CT molecular complexity index is 716. The first-order valence-corrected chi connectivity index (χ1v) is 5.72. The Kier molecular flexibility index (Phi) is 2.21. The van der Waals surface area contributed by atoms with Gasteiger partial charge in [-0.3, -0.25) is 0 Å². The van der Waals surface area contributed by atoms with E-state index in [2.05, 4.69) is 0 Å². The van der Waals surface area contributed by atoms with Crippen LogP contribution >= 0.6 is 0 Å². The molecule has 0 radical (unpaired) electrons. The first-order chi connectivity index (χ1) is 7.38. The Labute approximate surface area is 90.0 Å². The smallest absolute Gasteiger partial charge is 0.356 e. The van der Waals surface area contributed by atoms with Gasteiger partial charge in [-0.1, -0.05) is 0 Å². The zero-order chi connectivity index (χ0) is 11.9. The number of rotatable bonds is 1. The monoisotopic (exact) mass is 241 g/mol. The third kappa shape index (κ3) is 1.77. The highest BCUT2D eigenvalue weighted by Crippen LogP contribution is 2.20. The van der Waals surface area contributed by atoms with Crippen LogP contribution in [0.3, 0.4) is 0 Å². The molecule has 84 valence electrons. The summed E-state index contributed by atoms with van der Waals surface area (Å²) in [6.07, 6.45) is 0. The number of nitrogens with two attached hydrogens (primary N) is 1. The molecule has 16 heavy (non-hydrogen) atoms. The molecule has 2 aromatic rings. The molecule has 0 bridgehead atoms. The van der Waals surface area contributed by atoms with Gasteiger partial charge in [-0.2, -0.15) is 0 Å². The van der Waals surface area contributed by atoms with E-state index in [1.54, 1.807) is 0 Å². The predicted octanol–water partition coefficient (Wildman–Crippen LogP) is 0.146. The lowest BCUT2D eigenvalue weighted by Crippen LogP contribution is -2.20. The number of aromatic hydroxyl groups is 1. The number of phenols is 1. The van der Waals surface area contributed by atoms with E-state index in [1.165, 1.54) is 18.2 Å². The van der Waals surface area contributed by atoms with E-state index in [-0.39, 0.29) is 16.7 Å². The van der Waals surface area contributed by atoms with Crippen molar-refractivity contribution in [2.45, 2.75) is 4.90 Å². The van der Waals surface area contributed by atoms with Crippen LogP contribution in [0.4, 0.5) is 0 Å². The summed E-state index contributed by atoms with van der Waals surface area (Å²) in [5, 5.41) is 14.3. The maximum Gasteiger partial charge on any atom is 0.356 e. The highest BCUT2D eigenvalue weighted by atomic mass is 32.2. The lowest BCUT2D eigenvalue weighted by Gasteiger charge is -2.00. The minimum absolute atomic E-state index is 0.0679. The van der Waals surface area contributed by atoms with Gasteiger partial charge in [0.15, 0.2) is 4.90 Å². The molecule has 2 rings (SSSR count). The zero-order valence-electron chi connectivity index (χ0n) is 7.88. The highest BCUT2D eigenvalue weighted by molar-refractivity contribution is 7.89. The summed E-state index contributed by atoms with van der Waals surface area (Å²) in [7, 11) is -4.13. The van der Waals surface area contributed by atoms with Crippen molar-refractivity contribution in [2.24, 2.45) is 5.14 Å². The molecule has 0 aliphatic rings. The van der Waals surface area contributed by atoms with Gasteiger partial charge in [-0.05, 0) is 24.3 Å². The first kappa shape index (κ1) is 10.7. The molecule has 6 nitrogen and oxygen atoms in total. The molecule has 0 spiro atoms. The normalized spacial score (nSPS) is 11.8. The van der Waals surface area contributed by atoms with Gasteiger partial charge in [0.05, 0.1) is 0 Å². The number of fused-ring (bicyclic) bond motifs is 1. The van der Waals surface area contributed by atoms with Crippen LogP contribution in [0.5, 0.6) is 5.75 Å². The van der Waals surface area contributed by atoms with Crippen LogP contribution < -0.4 is 10.8 Å². The molecular weight excluding hydrogens is 234 g/mol. The summed E-state index contributed by atoms with van der Waals surface area (Å²) >= 11 is 0. The third-order valence-electron chi connectivity index (χ3n) is 1.99.